The molecule has 0 saturated heterocycles. The number of nitrogens with zero attached hydrogens (tertiary/aromatic N) is 1. The van der Waals surface area contributed by atoms with E-state index in [1.807, 2.05) is 18.2 Å². The van der Waals surface area contributed by atoms with Crippen LogP contribution >= 0.6 is 11.3 Å². The van der Waals surface area contributed by atoms with Gasteiger partial charge in [0, 0.05) is 10.8 Å². The maximum absolute atomic E-state index is 12.1. The first kappa shape index (κ1) is 18.1. The molecule has 4 N–H and O–H groups in total. The molecule has 0 saturated carbocycles. The van der Waals surface area contributed by atoms with Gasteiger partial charge in [-0.05, 0) is 25.0 Å². The molecule has 0 fully saturated rings. The molecule has 3 rings (SSSR count). The number of para-hydroxylation sites is 1. The number of carbonyl (C=O) groups excluding carboxylic acids is 2. The monoisotopic (exact) mass is 373 g/mol. The number of fused-ring (bicyclic) bond motifs is 1. The molecule has 0 radical (unpaired) electrons. The first-order chi connectivity index (χ1) is 12.4. The van der Waals surface area contributed by atoms with Crippen molar-refractivity contribution in [2.24, 2.45) is 0 Å². The van der Waals surface area contributed by atoms with E-state index < -0.39 is 24.9 Å². The van der Waals surface area contributed by atoms with Gasteiger partial charge in [-0.3, -0.25) is 14.9 Å². The molecule has 1 aromatic carbocycles. The van der Waals surface area contributed by atoms with Crippen LogP contribution < -0.4 is 10.6 Å². The van der Waals surface area contributed by atoms with E-state index in [9.17, 15) is 19.6 Å². The van der Waals surface area contributed by atoms with Gasteiger partial charge in [0.2, 0.25) is 0 Å². The molecule has 0 aliphatic rings. The number of rotatable bonds is 5. The second-order valence-corrected chi connectivity index (χ2v) is 6.56. The molecular formula is C16H16BN3O5S. The number of nitrogens with one attached hydrogen (secondary N) is 2. The Balaban J connectivity index is 1.68. The minimum absolute atomic E-state index is 0.0874. The highest BCUT2D eigenvalue weighted by atomic mass is 32.1. The highest BCUT2D eigenvalue weighted by Gasteiger charge is 2.29. The molecule has 3 aromatic rings. The number of amides is 2. The number of furan rings is 1. The van der Waals surface area contributed by atoms with Crippen molar-refractivity contribution in [1.82, 2.24) is 10.3 Å². The van der Waals surface area contributed by atoms with E-state index in [1.165, 1.54) is 17.6 Å². The van der Waals surface area contributed by atoms with Gasteiger partial charge >= 0.3 is 18.9 Å². The Morgan fingerprint density at radius 2 is 2.08 bits per heavy atom. The van der Waals surface area contributed by atoms with Crippen LogP contribution in [0.2, 0.25) is 0 Å². The maximum atomic E-state index is 12.1. The molecule has 1 unspecified atom stereocenters. The number of anilines is 1. The van der Waals surface area contributed by atoms with Crippen LogP contribution in [0.15, 0.2) is 40.3 Å². The van der Waals surface area contributed by atoms with Crippen molar-refractivity contribution in [2.45, 2.75) is 19.3 Å². The lowest BCUT2D eigenvalue weighted by Gasteiger charge is -2.16. The zero-order valence-corrected chi connectivity index (χ0v) is 14.6. The molecule has 2 aromatic heterocycles. The Bertz CT molecular complexity index is 939. The smallest absolute Gasteiger partial charge is 0.464 e. The van der Waals surface area contributed by atoms with Crippen molar-refractivity contribution in [2.75, 3.05) is 5.32 Å². The molecule has 10 heteroatoms. The predicted octanol–water partition coefficient (Wildman–Crippen LogP) is 0.876. The van der Waals surface area contributed by atoms with Crippen LogP contribution in [0.25, 0.3) is 11.0 Å². The molecule has 0 aliphatic carbocycles. The second kappa shape index (κ2) is 7.69. The first-order valence-electron chi connectivity index (χ1n) is 7.79. The molecule has 0 bridgehead atoms. The number of hydrogen-bond donors (Lipinski definition) is 4. The minimum Gasteiger partial charge on any atom is -0.464 e. The third-order valence-electron chi connectivity index (χ3n) is 3.72. The van der Waals surface area contributed by atoms with Crippen molar-refractivity contribution in [1.29, 1.82) is 0 Å². The second-order valence-electron chi connectivity index (χ2n) is 5.70. The summed E-state index contributed by atoms with van der Waals surface area (Å²) in [6.07, 6.45) is 1.58. The van der Waals surface area contributed by atoms with Gasteiger partial charge in [0.1, 0.15) is 5.58 Å². The average molecular weight is 373 g/mol. The average Bonchev–Trinajstić information content (AvgIpc) is 3.20. The predicted molar refractivity (Wildman–Crippen MR) is 97.5 cm³/mol. The highest BCUT2D eigenvalue weighted by Crippen LogP contribution is 2.22. The SMILES string of the molecule is Cc1csc(NC(=O)C(=O)NC(Cc2coc3ccccc23)B(O)O)n1. The normalized spacial score (nSPS) is 12.0. The van der Waals surface area contributed by atoms with Crippen LogP contribution in [0.1, 0.15) is 11.3 Å². The van der Waals surface area contributed by atoms with Gasteiger partial charge in [-0.15, -0.1) is 11.3 Å². The number of thiazole rings is 1. The standard InChI is InChI=1S/C16H16BN3O5S/c1-9-8-26-16(18-9)20-15(22)14(21)19-13(17(23)24)6-10-7-25-12-5-3-2-4-11(10)12/h2-5,7-8,13,23-24H,6H2,1H3,(H,19,21)(H,18,20,22). The van der Waals surface area contributed by atoms with Gasteiger partial charge in [-0.2, -0.15) is 0 Å². The summed E-state index contributed by atoms with van der Waals surface area (Å²) in [6.45, 7) is 1.76. The molecule has 134 valence electrons. The van der Waals surface area contributed by atoms with Gasteiger partial charge in [0.15, 0.2) is 5.13 Å². The fourth-order valence-electron chi connectivity index (χ4n) is 2.46. The zero-order valence-electron chi connectivity index (χ0n) is 13.8. The van der Waals surface area contributed by atoms with Crippen molar-refractivity contribution in [3.8, 4) is 0 Å². The largest absolute Gasteiger partial charge is 0.475 e. The Hall–Kier alpha value is -2.69. The third kappa shape index (κ3) is 4.10. The quantitative estimate of drug-likeness (QED) is 0.389. The van der Waals surface area contributed by atoms with Crippen molar-refractivity contribution in [3.05, 3.63) is 47.2 Å². The van der Waals surface area contributed by atoms with Crippen LogP contribution in [-0.4, -0.2) is 39.9 Å². The molecule has 0 spiro atoms. The van der Waals surface area contributed by atoms with Crippen molar-refractivity contribution in [3.63, 3.8) is 0 Å². The summed E-state index contributed by atoms with van der Waals surface area (Å²) in [5, 5.41) is 26.7. The Labute approximate surface area is 153 Å². The minimum atomic E-state index is -1.84. The lowest BCUT2D eigenvalue weighted by molar-refractivity contribution is -0.136. The highest BCUT2D eigenvalue weighted by molar-refractivity contribution is 7.14. The van der Waals surface area contributed by atoms with Crippen LogP contribution in [0.3, 0.4) is 0 Å². The number of carbonyl (C=O) groups is 2. The van der Waals surface area contributed by atoms with Gasteiger partial charge in [0.05, 0.1) is 17.9 Å². The lowest BCUT2D eigenvalue weighted by atomic mass is 9.76. The zero-order chi connectivity index (χ0) is 18.7. The van der Waals surface area contributed by atoms with E-state index in [-0.39, 0.29) is 6.42 Å². The van der Waals surface area contributed by atoms with E-state index in [4.69, 9.17) is 4.42 Å². The number of benzene rings is 1. The number of aromatic nitrogens is 1. The van der Waals surface area contributed by atoms with E-state index >= 15 is 0 Å². The Morgan fingerprint density at radius 1 is 1.31 bits per heavy atom. The van der Waals surface area contributed by atoms with Crippen molar-refractivity contribution >= 4 is 46.4 Å². The van der Waals surface area contributed by atoms with Crippen LogP contribution in [0.5, 0.6) is 0 Å². The van der Waals surface area contributed by atoms with Gasteiger partial charge in [-0.25, -0.2) is 4.98 Å². The molecular weight excluding hydrogens is 357 g/mol. The summed E-state index contributed by atoms with van der Waals surface area (Å²) >= 11 is 1.19. The van der Waals surface area contributed by atoms with Crippen LogP contribution in [0, 0.1) is 6.92 Å². The molecule has 26 heavy (non-hydrogen) atoms. The Kier molecular flexibility index (Phi) is 5.36. The van der Waals surface area contributed by atoms with Gasteiger partial charge in [0.25, 0.3) is 0 Å². The fourth-order valence-corrected chi connectivity index (χ4v) is 3.14. The number of hydrogen-bond acceptors (Lipinski definition) is 7. The summed E-state index contributed by atoms with van der Waals surface area (Å²) in [5.74, 6) is -2.99. The van der Waals surface area contributed by atoms with Crippen LogP contribution in [-0.2, 0) is 16.0 Å². The molecule has 1 atom stereocenters. The summed E-state index contributed by atoms with van der Waals surface area (Å²) in [6, 6.07) is 7.26. The van der Waals surface area contributed by atoms with E-state index in [0.29, 0.717) is 16.3 Å². The van der Waals surface area contributed by atoms with E-state index in [1.54, 1.807) is 18.4 Å². The molecule has 2 amide bonds. The van der Waals surface area contributed by atoms with Crippen molar-refractivity contribution < 1.29 is 24.1 Å². The molecule has 2 heterocycles. The molecule has 8 nitrogen and oxygen atoms in total. The van der Waals surface area contributed by atoms with Gasteiger partial charge < -0.3 is 19.8 Å². The summed E-state index contributed by atoms with van der Waals surface area (Å²) in [4.78, 5) is 28.1. The first-order valence-corrected chi connectivity index (χ1v) is 8.67. The Morgan fingerprint density at radius 3 is 2.77 bits per heavy atom. The van der Waals surface area contributed by atoms with Crippen LogP contribution in [0.4, 0.5) is 5.13 Å². The summed E-state index contributed by atoms with van der Waals surface area (Å²) in [7, 11) is -1.84. The lowest BCUT2D eigenvalue weighted by Crippen LogP contribution is -2.51. The number of aryl methyl sites for hydroxylation is 1. The summed E-state index contributed by atoms with van der Waals surface area (Å²) in [5.41, 5.74) is 2.06. The molecule has 0 aliphatic heterocycles. The van der Waals surface area contributed by atoms with Gasteiger partial charge in [-0.1, -0.05) is 18.2 Å². The fraction of sp³-hybridized carbons (Fsp3) is 0.188. The third-order valence-corrected chi connectivity index (χ3v) is 4.60. The van der Waals surface area contributed by atoms with E-state index in [0.717, 1.165) is 11.1 Å². The van der Waals surface area contributed by atoms with E-state index in [2.05, 4.69) is 15.6 Å². The topological polar surface area (TPSA) is 125 Å². The maximum Gasteiger partial charge on any atom is 0.475 e. The summed E-state index contributed by atoms with van der Waals surface area (Å²) < 4.78 is 5.40.